The first kappa shape index (κ1) is 14.3. The third-order valence-electron chi connectivity index (χ3n) is 4.21. The summed E-state index contributed by atoms with van der Waals surface area (Å²) in [6.45, 7) is 6.70. The van der Waals surface area contributed by atoms with Crippen LogP contribution in [-0.2, 0) is 0 Å². The molecule has 2 fully saturated rings. The highest BCUT2D eigenvalue weighted by Gasteiger charge is 2.23. The zero-order chi connectivity index (χ0) is 14.7. The molecular formula is C16H24N4O. The summed E-state index contributed by atoms with van der Waals surface area (Å²) < 4.78 is 0. The number of aryl methyl sites for hydroxylation is 1. The lowest BCUT2D eigenvalue weighted by atomic mass is 10.2. The highest BCUT2D eigenvalue weighted by Crippen LogP contribution is 2.27. The molecule has 0 atom stereocenters. The molecule has 2 aliphatic rings. The Morgan fingerprint density at radius 2 is 2.24 bits per heavy atom. The van der Waals surface area contributed by atoms with Crippen LogP contribution in [-0.4, -0.2) is 43.6 Å². The first-order valence-electron chi connectivity index (χ1n) is 7.95. The van der Waals surface area contributed by atoms with E-state index in [1.54, 1.807) is 0 Å². The Bertz CT molecular complexity index is 505. The summed E-state index contributed by atoms with van der Waals surface area (Å²) >= 11 is 0. The lowest BCUT2D eigenvalue weighted by Crippen LogP contribution is -2.31. The van der Waals surface area contributed by atoms with Gasteiger partial charge in [-0.05, 0) is 50.3 Å². The predicted octanol–water partition coefficient (Wildman–Crippen LogP) is 1.33. The SMILES string of the molecule is Cc1ccc(N2CCCNCC2)nc1C(=O)NCC1CC1. The maximum atomic E-state index is 12.3. The zero-order valence-electron chi connectivity index (χ0n) is 12.7. The molecular weight excluding hydrogens is 264 g/mol. The highest BCUT2D eigenvalue weighted by molar-refractivity contribution is 5.94. The minimum Gasteiger partial charge on any atom is -0.355 e. The molecule has 0 bridgehead atoms. The van der Waals surface area contributed by atoms with E-state index in [2.05, 4.69) is 20.5 Å². The molecule has 0 spiro atoms. The monoisotopic (exact) mass is 288 g/mol. The molecule has 3 rings (SSSR count). The molecule has 1 amide bonds. The predicted molar refractivity (Wildman–Crippen MR) is 83.7 cm³/mol. The average Bonchev–Trinajstić information content (AvgIpc) is 3.32. The molecule has 1 aromatic heterocycles. The minimum atomic E-state index is -0.0332. The van der Waals surface area contributed by atoms with Crippen LogP contribution in [0.25, 0.3) is 0 Å². The minimum absolute atomic E-state index is 0.0332. The van der Waals surface area contributed by atoms with Crippen molar-refractivity contribution in [3.05, 3.63) is 23.4 Å². The van der Waals surface area contributed by atoms with Crippen LogP contribution in [0.5, 0.6) is 0 Å². The van der Waals surface area contributed by atoms with Crippen molar-refractivity contribution in [2.75, 3.05) is 37.6 Å². The Morgan fingerprint density at radius 3 is 3.05 bits per heavy atom. The fraction of sp³-hybridized carbons (Fsp3) is 0.625. The van der Waals surface area contributed by atoms with Gasteiger partial charge >= 0.3 is 0 Å². The quantitative estimate of drug-likeness (QED) is 0.877. The first-order chi connectivity index (χ1) is 10.2. The summed E-state index contributed by atoms with van der Waals surface area (Å²) in [7, 11) is 0. The van der Waals surface area contributed by atoms with E-state index >= 15 is 0 Å². The fourth-order valence-corrected chi connectivity index (χ4v) is 2.64. The number of rotatable bonds is 4. The second-order valence-electron chi connectivity index (χ2n) is 6.08. The smallest absolute Gasteiger partial charge is 0.270 e. The van der Waals surface area contributed by atoms with Gasteiger partial charge in [0.05, 0.1) is 0 Å². The molecule has 0 unspecified atom stereocenters. The molecule has 1 aromatic rings. The highest BCUT2D eigenvalue weighted by atomic mass is 16.1. The second-order valence-corrected chi connectivity index (χ2v) is 6.08. The van der Waals surface area contributed by atoms with Gasteiger partial charge in [-0.2, -0.15) is 0 Å². The molecule has 1 saturated heterocycles. The van der Waals surface area contributed by atoms with E-state index in [1.165, 1.54) is 12.8 Å². The van der Waals surface area contributed by atoms with Crippen LogP contribution < -0.4 is 15.5 Å². The van der Waals surface area contributed by atoms with E-state index in [1.807, 2.05) is 19.1 Å². The largest absolute Gasteiger partial charge is 0.355 e. The molecule has 21 heavy (non-hydrogen) atoms. The van der Waals surface area contributed by atoms with Gasteiger partial charge in [0.25, 0.3) is 5.91 Å². The molecule has 2 heterocycles. The summed E-state index contributed by atoms with van der Waals surface area (Å²) in [5.74, 6) is 1.57. The van der Waals surface area contributed by atoms with Gasteiger partial charge in [0, 0.05) is 26.2 Å². The standard InChI is InChI=1S/C16H24N4O/c1-12-3-6-14(20-9-2-7-17-8-10-20)19-15(12)16(21)18-11-13-4-5-13/h3,6,13,17H,2,4-5,7-11H2,1H3,(H,18,21). The number of nitrogens with zero attached hydrogens (tertiary/aromatic N) is 2. The maximum absolute atomic E-state index is 12.3. The Hall–Kier alpha value is -1.62. The molecule has 5 nitrogen and oxygen atoms in total. The summed E-state index contributed by atoms with van der Waals surface area (Å²) in [6.07, 6.45) is 3.60. The van der Waals surface area contributed by atoms with E-state index in [9.17, 15) is 4.79 Å². The maximum Gasteiger partial charge on any atom is 0.270 e. The lowest BCUT2D eigenvalue weighted by molar-refractivity contribution is 0.0946. The van der Waals surface area contributed by atoms with Gasteiger partial charge in [0.1, 0.15) is 11.5 Å². The van der Waals surface area contributed by atoms with Crippen molar-refractivity contribution in [2.24, 2.45) is 5.92 Å². The number of aromatic nitrogens is 1. The van der Waals surface area contributed by atoms with Crippen LogP contribution in [0.1, 0.15) is 35.3 Å². The van der Waals surface area contributed by atoms with Crippen LogP contribution in [0.3, 0.4) is 0 Å². The summed E-state index contributed by atoms with van der Waals surface area (Å²) in [5.41, 5.74) is 1.52. The van der Waals surface area contributed by atoms with Gasteiger partial charge in [-0.25, -0.2) is 4.98 Å². The number of pyridine rings is 1. The number of hydrogen-bond donors (Lipinski definition) is 2. The van der Waals surface area contributed by atoms with Crippen molar-refractivity contribution in [1.82, 2.24) is 15.6 Å². The molecule has 1 saturated carbocycles. The van der Waals surface area contributed by atoms with Crippen molar-refractivity contribution >= 4 is 11.7 Å². The Labute approximate surface area is 126 Å². The molecule has 0 aromatic carbocycles. The number of anilines is 1. The van der Waals surface area contributed by atoms with Gasteiger partial charge in [-0.3, -0.25) is 4.79 Å². The van der Waals surface area contributed by atoms with E-state index < -0.39 is 0 Å². The first-order valence-corrected chi connectivity index (χ1v) is 7.95. The van der Waals surface area contributed by atoms with E-state index in [-0.39, 0.29) is 5.91 Å². The van der Waals surface area contributed by atoms with Crippen molar-refractivity contribution < 1.29 is 4.79 Å². The number of carbonyl (C=O) groups is 1. The zero-order valence-corrected chi connectivity index (χ0v) is 12.7. The Morgan fingerprint density at radius 1 is 1.38 bits per heavy atom. The van der Waals surface area contributed by atoms with Crippen LogP contribution in [0.15, 0.2) is 12.1 Å². The number of amides is 1. The van der Waals surface area contributed by atoms with E-state index in [0.29, 0.717) is 11.6 Å². The van der Waals surface area contributed by atoms with Gasteiger partial charge in [-0.1, -0.05) is 6.07 Å². The Kier molecular flexibility index (Phi) is 4.39. The summed E-state index contributed by atoms with van der Waals surface area (Å²) in [6, 6.07) is 4.03. The van der Waals surface area contributed by atoms with Crippen LogP contribution in [0, 0.1) is 12.8 Å². The average molecular weight is 288 g/mol. The molecule has 2 N–H and O–H groups in total. The van der Waals surface area contributed by atoms with Gasteiger partial charge in [0.15, 0.2) is 0 Å². The summed E-state index contributed by atoms with van der Waals surface area (Å²) in [4.78, 5) is 19.2. The number of carbonyl (C=O) groups excluding carboxylic acids is 1. The third-order valence-corrected chi connectivity index (χ3v) is 4.21. The van der Waals surface area contributed by atoms with E-state index in [0.717, 1.165) is 50.5 Å². The van der Waals surface area contributed by atoms with Crippen LogP contribution in [0.4, 0.5) is 5.82 Å². The second kappa shape index (κ2) is 6.43. The van der Waals surface area contributed by atoms with Crippen LogP contribution in [0.2, 0.25) is 0 Å². The topological polar surface area (TPSA) is 57.3 Å². The lowest BCUT2D eigenvalue weighted by Gasteiger charge is -2.22. The van der Waals surface area contributed by atoms with Crippen molar-refractivity contribution in [3.8, 4) is 0 Å². The summed E-state index contributed by atoms with van der Waals surface area (Å²) in [5, 5.41) is 6.40. The normalized spacial score (nSPS) is 19.2. The number of nitrogens with one attached hydrogen (secondary N) is 2. The number of hydrogen-bond acceptors (Lipinski definition) is 4. The molecule has 1 aliphatic carbocycles. The fourth-order valence-electron chi connectivity index (χ4n) is 2.64. The molecule has 114 valence electrons. The van der Waals surface area contributed by atoms with E-state index in [4.69, 9.17) is 0 Å². The third kappa shape index (κ3) is 3.73. The molecule has 0 radical (unpaired) electrons. The van der Waals surface area contributed by atoms with Crippen molar-refractivity contribution in [2.45, 2.75) is 26.2 Å². The van der Waals surface area contributed by atoms with Gasteiger partial charge in [-0.15, -0.1) is 0 Å². The van der Waals surface area contributed by atoms with Gasteiger partial charge in [0.2, 0.25) is 0 Å². The van der Waals surface area contributed by atoms with Crippen molar-refractivity contribution in [1.29, 1.82) is 0 Å². The van der Waals surface area contributed by atoms with Crippen molar-refractivity contribution in [3.63, 3.8) is 0 Å². The van der Waals surface area contributed by atoms with Crippen LogP contribution >= 0.6 is 0 Å². The molecule has 5 heteroatoms. The van der Waals surface area contributed by atoms with Gasteiger partial charge < -0.3 is 15.5 Å². The molecule has 1 aliphatic heterocycles. The Balaban J connectivity index is 1.72.